The van der Waals surface area contributed by atoms with E-state index in [0.717, 1.165) is 6.07 Å². The van der Waals surface area contributed by atoms with Gasteiger partial charge < -0.3 is 24.8 Å². The van der Waals surface area contributed by atoms with Crippen molar-refractivity contribution in [3.05, 3.63) is 6.07 Å². The molecule has 0 aliphatic carbocycles. The number of carbonyl (C=O) groups excluding carboxylic acids is 1. The zero-order chi connectivity index (χ0) is 13.5. The smallest absolute Gasteiger partial charge is 0.313 e. The Kier molecular flexibility index (Phi) is 5.00. The highest BCUT2D eigenvalue weighted by Crippen LogP contribution is 2.29. The van der Waals surface area contributed by atoms with Gasteiger partial charge in [0.05, 0.1) is 26.1 Å². The Morgan fingerprint density at radius 1 is 1.22 bits per heavy atom. The van der Waals surface area contributed by atoms with Gasteiger partial charge in [-0.05, 0) is 0 Å². The number of H-pyrrole nitrogens is 1. The van der Waals surface area contributed by atoms with Crippen LogP contribution >= 0.6 is 0 Å². The maximum Gasteiger partial charge on any atom is 0.313 e. The van der Waals surface area contributed by atoms with Crippen LogP contribution in [0.3, 0.4) is 0 Å². The van der Waals surface area contributed by atoms with Gasteiger partial charge in [0, 0.05) is 6.07 Å². The highest BCUT2D eigenvalue weighted by Gasteiger charge is 2.12. The Morgan fingerprint density at radius 2 is 1.89 bits per heavy atom. The molecule has 0 aliphatic rings. The number of aliphatic carboxylic acids is 1. The third kappa shape index (κ3) is 4.74. The quantitative estimate of drug-likeness (QED) is 0.407. The zero-order valence-corrected chi connectivity index (χ0v) is 9.38. The van der Waals surface area contributed by atoms with Crippen LogP contribution in [0.2, 0.25) is 0 Å². The normalized spacial score (nSPS) is 10.2. The van der Waals surface area contributed by atoms with Crippen LogP contribution in [-0.2, 0) is 14.3 Å². The third-order valence-corrected chi connectivity index (χ3v) is 1.88. The number of aromatic hydroxyl groups is 2. The van der Waals surface area contributed by atoms with Crippen molar-refractivity contribution in [3.63, 3.8) is 0 Å². The van der Waals surface area contributed by atoms with E-state index in [1.165, 1.54) is 0 Å². The molecule has 1 aromatic rings. The molecule has 0 unspecified atom stereocenters. The topological polar surface area (TPSA) is 129 Å². The number of aromatic amines is 1. The van der Waals surface area contributed by atoms with Crippen molar-refractivity contribution in [2.75, 3.05) is 13.2 Å². The van der Waals surface area contributed by atoms with E-state index < -0.39 is 17.8 Å². The lowest BCUT2D eigenvalue weighted by molar-refractivity contribution is -0.138. The number of rotatable bonds is 7. The van der Waals surface area contributed by atoms with Gasteiger partial charge in [0.25, 0.3) is 0 Å². The van der Waals surface area contributed by atoms with E-state index in [1.807, 2.05) is 0 Å². The fraction of sp³-hybridized carbons (Fsp3) is 0.400. The monoisotopic (exact) mass is 259 g/mol. The van der Waals surface area contributed by atoms with Crippen molar-refractivity contribution in [1.29, 1.82) is 0 Å². The zero-order valence-electron chi connectivity index (χ0n) is 9.38. The van der Waals surface area contributed by atoms with Crippen LogP contribution in [0.15, 0.2) is 6.07 Å². The van der Waals surface area contributed by atoms with Gasteiger partial charge in [0.2, 0.25) is 5.88 Å². The first-order chi connectivity index (χ1) is 8.49. The molecule has 1 heterocycles. The van der Waals surface area contributed by atoms with Crippen LogP contribution in [0.5, 0.6) is 17.5 Å². The van der Waals surface area contributed by atoms with E-state index >= 15 is 0 Å². The summed E-state index contributed by atoms with van der Waals surface area (Å²) in [6, 6.07) is 1.05. The molecule has 0 saturated heterocycles. The van der Waals surface area contributed by atoms with Crippen molar-refractivity contribution in [3.8, 4) is 17.5 Å². The fourth-order valence-electron chi connectivity index (χ4n) is 1.08. The Labute approximate surface area is 102 Å². The molecule has 100 valence electrons. The van der Waals surface area contributed by atoms with E-state index in [-0.39, 0.29) is 37.7 Å². The Morgan fingerprint density at radius 3 is 2.44 bits per heavy atom. The van der Waals surface area contributed by atoms with Gasteiger partial charge in [-0.3, -0.25) is 14.6 Å². The summed E-state index contributed by atoms with van der Waals surface area (Å²) in [4.78, 5) is 23.5. The summed E-state index contributed by atoms with van der Waals surface area (Å²) in [6.07, 6.45) is -0.230. The largest absolute Gasteiger partial charge is 0.494 e. The molecule has 0 fully saturated rings. The van der Waals surface area contributed by atoms with Crippen molar-refractivity contribution in [2.24, 2.45) is 0 Å². The molecule has 0 aliphatic heterocycles. The summed E-state index contributed by atoms with van der Waals surface area (Å²) >= 11 is 0. The minimum atomic E-state index is -0.981. The van der Waals surface area contributed by atoms with Crippen LogP contribution < -0.4 is 4.74 Å². The molecule has 8 heteroatoms. The molecule has 0 atom stereocenters. The molecule has 0 spiro atoms. The Bertz CT molecular complexity index is 426. The molecule has 18 heavy (non-hydrogen) atoms. The summed E-state index contributed by atoms with van der Waals surface area (Å²) in [6.45, 7) is 0.0298. The van der Waals surface area contributed by atoms with Gasteiger partial charge in [0.15, 0.2) is 11.6 Å². The Hall–Kier alpha value is -2.22. The van der Waals surface area contributed by atoms with E-state index in [1.54, 1.807) is 0 Å². The minimum absolute atomic E-state index is 0.0127. The molecule has 0 amide bonds. The number of ether oxygens (including phenoxy) is 2. The number of aromatic nitrogens is 1. The standard InChI is InChI=1S/C10H13NO7/c12-7-5-6(10(16)11-7)18-9(15)2-4-17-3-1-8(13)14/h5,11-12,16H,1-4H2,(H,13,14). The molecule has 8 nitrogen and oxygen atoms in total. The number of esters is 1. The van der Waals surface area contributed by atoms with Gasteiger partial charge in [-0.2, -0.15) is 0 Å². The van der Waals surface area contributed by atoms with Crippen LogP contribution in [0.1, 0.15) is 12.8 Å². The highest BCUT2D eigenvalue weighted by atomic mass is 16.5. The second-order valence-electron chi connectivity index (χ2n) is 3.35. The lowest BCUT2D eigenvalue weighted by atomic mass is 10.4. The fourth-order valence-corrected chi connectivity index (χ4v) is 1.08. The third-order valence-electron chi connectivity index (χ3n) is 1.88. The van der Waals surface area contributed by atoms with Crippen molar-refractivity contribution < 1.29 is 34.4 Å². The van der Waals surface area contributed by atoms with Crippen LogP contribution in [0.4, 0.5) is 0 Å². The predicted octanol–water partition coefficient (Wildman–Crippen LogP) is 0.213. The average molecular weight is 259 g/mol. The summed E-state index contributed by atoms with van der Waals surface area (Å²) in [5, 5.41) is 26.4. The second kappa shape index (κ2) is 6.50. The molecular weight excluding hydrogens is 246 g/mol. The average Bonchev–Trinajstić information content (AvgIpc) is 2.56. The van der Waals surface area contributed by atoms with E-state index in [2.05, 4.69) is 4.98 Å². The molecule has 0 saturated carbocycles. The molecule has 1 rings (SSSR count). The molecule has 0 aromatic carbocycles. The molecule has 1 aromatic heterocycles. The highest BCUT2D eigenvalue weighted by molar-refractivity contribution is 5.73. The first kappa shape index (κ1) is 13.8. The van der Waals surface area contributed by atoms with Crippen LogP contribution in [-0.4, -0.2) is 45.5 Å². The van der Waals surface area contributed by atoms with Crippen molar-refractivity contribution in [1.82, 2.24) is 4.98 Å². The maximum atomic E-state index is 11.2. The SMILES string of the molecule is O=C(O)CCOCCC(=O)Oc1cc(O)[nH]c1O. The van der Waals surface area contributed by atoms with E-state index in [0.29, 0.717) is 0 Å². The van der Waals surface area contributed by atoms with E-state index in [9.17, 15) is 9.59 Å². The minimum Gasteiger partial charge on any atom is -0.494 e. The lowest BCUT2D eigenvalue weighted by Crippen LogP contribution is -2.12. The van der Waals surface area contributed by atoms with Crippen LogP contribution in [0.25, 0.3) is 0 Å². The summed E-state index contributed by atoms with van der Waals surface area (Å²) < 4.78 is 9.60. The molecule has 0 radical (unpaired) electrons. The summed E-state index contributed by atoms with van der Waals surface area (Å²) in [5.74, 6) is -2.60. The second-order valence-corrected chi connectivity index (χ2v) is 3.35. The number of hydrogen-bond donors (Lipinski definition) is 4. The summed E-state index contributed by atoms with van der Waals surface area (Å²) in [5.41, 5.74) is 0. The van der Waals surface area contributed by atoms with Gasteiger partial charge in [-0.15, -0.1) is 0 Å². The summed E-state index contributed by atoms with van der Waals surface area (Å²) in [7, 11) is 0. The van der Waals surface area contributed by atoms with Crippen molar-refractivity contribution >= 4 is 11.9 Å². The predicted molar refractivity (Wildman–Crippen MR) is 57.4 cm³/mol. The number of nitrogens with one attached hydrogen (secondary N) is 1. The Balaban J connectivity index is 2.22. The number of carbonyl (C=O) groups is 2. The molecule has 0 bridgehead atoms. The number of carboxylic acids is 1. The number of carboxylic acid groups (broad SMARTS) is 1. The lowest BCUT2D eigenvalue weighted by Gasteiger charge is -2.03. The van der Waals surface area contributed by atoms with E-state index in [4.69, 9.17) is 24.8 Å². The maximum absolute atomic E-state index is 11.2. The van der Waals surface area contributed by atoms with Crippen molar-refractivity contribution in [2.45, 2.75) is 12.8 Å². The first-order valence-electron chi connectivity index (χ1n) is 5.10. The molecule has 4 N–H and O–H groups in total. The van der Waals surface area contributed by atoms with Gasteiger partial charge >= 0.3 is 11.9 Å². The molecular formula is C10H13NO7. The van der Waals surface area contributed by atoms with Gasteiger partial charge in [0.1, 0.15) is 0 Å². The van der Waals surface area contributed by atoms with Gasteiger partial charge in [-0.25, -0.2) is 0 Å². The van der Waals surface area contributed by atoms with Gasteiger partial charge in [-0.1, -0.05) is 0 Å². The van der Waals surface area contributed by atoms with Crippen LogP contribution in [0, 0.1) is 0 Å². The first-order valence-corrected chi connectivity index (χ1v) is 5.10. The number of hydrogen-bond acceptors (Lipinski definition) is 6.